The van der Waals surface area contributed by atoms with E-state index in [9.17, 15) is 14.9 Å². The second-order valence-corrected chi connectivity index (χ2v) is 6.61. The van der Waals surface area contributed by atoms with Crippen LogP contribution in [0.4, 0.5) is 11.5 Å². The fraction of sp³-hybridized carbons (Fsp3) is 0.158. The van der Waals surface area contributed by atoms with Crippen LogP contribution in [0.2, 0.25) is 5.02 Å². The lowest BCUT2D eigenvalue weighted by molar-refractivity contribution is -0.385. The molecule has 0 unspecified atom stereocenters. The third kappa shape index (κ3) is 4.32. The number of nitrogens with one attached hydrogen (secondary N) is 1. The van der Waals surface area contributed by atoms with Gasteiger partial charge in [-0.3, -0.25) is 19.6 Å². The van der Waals surface area contributed by atoms with Crippen molar-refractivity contribution in [2.45, 2.75) is 20.4 Å². The van der Waals surface area contributed by atoms with E-state index >= 15 is 0 Å². The van der Waals surface area contributed by atoms with Crippen LogP contribution in [0.5, 0.6) is 0 Å². The lowest BCUT2D eigenvalue weighted by Gasteiger charge is -2.05. The summed E-state index contributed by atoms with van der Waals surface area (Å²) in [5.74, 6) is 0.0379. The largest absolute Gasteiger partial charge is 0.305 e. The van der Waals surface area contributed by atoms with Crippen molar-refractivity contribution in [2.24, 2.45) is 0 Å². The fourth-order valence-electron chi connectivity index (χ4n) is 2.73. The number of benzene rings is 2. The molecule has 0 aliphatic rings. The van der Waals surface area contributed by atoms with E-state index in [2.05, 4.69) is 10.4 Å². The summed E-state index contributed by atoms with van der Waals surface area (Å²) in [6.45, 7) is 4.01. The molecule has 3 aromatic rings. The highest BCUT2D eigenvalue weighted by Gasteiger charge is 2.15. The highest BCUT2D eigenvalue weighted by atomic mass is 35.5. The Hall–Kier alpha value is -3.19. The maximum absolute atomic E-state index is 12.4. The number of amides is 1. The van der Waals surface area contributed by atoms with E-state index in [-0.39, 0.29) is 11.6 Å². The molecule has 0 saturated carbocycles. The van der Waals surface area contributed by atoms with Crippen LogP contribution in [-0.2, 0) is 6.54 Å². The molecule has 1 amide bonds. The third-order valence-electron chi connectivity index (χ3n) is 4.10. The van der Waals surface area contributed by atoms with Crippen molar-refractivity contribution in [2.75, 3.05) is 5.32 Å². The van der Waals surface area contributed by atoms with Crippen molar-refractivity contribution in [3.8, 4) is 0 Å². The minimum absolute atomic E-state index is 0.0202. The Labute approximate surface area is 160 Å². The van der Waals surface area contributed by atoms with Crippen molar-refractivity contribution < 1.29 is 9.72 Å². The Morgan fingerprint density at radius 3 is 2.67 bits per heavy atom. The Kier molecular flexibility index (Phi) is 5.23. The first-order valence-corrected chi connectivity index (χ1v) is 8.56. The first kappa shape index (κ1) is 18.6. The fourth-order valence-corrected chi connectivity index (χ4v) is 2.94. The zero-order valence-electron chi connectivity index (χ0n) is 14.8. The Bertz CT molecular complexity index is 1030. The van der Waals surface area contributed by atoms with Crippen LogP contribution in [0, 0.1) is 24.0 Å². The van der Waals surface area contributed by atoms with Crippen molar-refractivity contribution >= 4 is 29.0 Å². The van der Waals surface area contributed by atoms with Gasteiger partial charge in [-0.15, -0.1) is 0 Å². The number of hydrogen-bond acceptors (Lipinski definition) is 4. The molecule has 3 rings (SSSR count). The topological polar surface area (TPSA) is 90.1 Å². The van der Waals surface area contributed by atoms with Gasteiger partial charge in [0, 0.05) is 34.0 Å². The minimum Gasteiger partial charge on any atom is -0.305 e. The number of aromatic nitrogens is 2. The van der Waals surface area contributed by atoms with Gasteiger partial charge >= 0.3 is 0 Å². The number of carbonyl (C=O) groups is 1. The van der Waals surface area contributed by atoms with E-state index in [0.29, 0.717) is 28.5 Å². The molecule has 2 aromatic carbocycles. The molecule has 0 saturated heterocycles. The number of rotatable bonds is 5. The van der Waals surface area contributed by atoms with E-state index in [4.69, 9.17) is 11.6 Å². The number of nitro groups is 1. The predicted molar refractivity (Wildman–Crippen MR) is 103 cm³/mol. The third-order valence-corrected chi connectivity index (χ3v) is 4.33. The lowest BCUT2D eigenvalue weighted by atomic mass is 10.1. The van der Waals surface area contributed by atoms with E-state index in [1.54, 1.807) is 23.7 Å². The molecule has 0 atom stereocenters. The summed E-state index contributed by atoms with van der Waals surface area (Å²) in [5.41, 5.74) is 2.62. The average Bonchev–Trinajstić information content (AvgIpc) is 2.93. The van der Waals surface area contributed by atoms with Crippen LogP contribution >= 0.6 is 11.6 Å². The normalized spacial score (nSPS) is 10.6. The van der Waals surface area contributed by atoms with Gasteiger partial charge in [-0.2, -0.15) is 5.10 Å². The van der Waals surface area contributed by atoms with Gasteiger partial charge in [0.15, 0.2) is 5.82 Å². The molecule has 8 heteroatoms. The number of carbonyl (C=O) groups excluding carboxylic acids is 1. The van der Waals surface area contributed by atoms with Gasteiger partial charge in [-0.05, 0) is 43.7 Å². The summed E-state index contributed by atoms with van der Waals surface area (Å²) < 4.78 is 1.77. The number of aryl methyl sites for hydroxylation is 2. The van der Waals surface area contributed by atoms with Gasteiger partial charge in [0.1, 0.15) is 0 Å². The maximum Gasteiger partial charge on any atom is 0.272 e. The Morgan fingerprint density at radius 1 is 1.22 bits per heavy atom. The molecule has 27 heavy (non-hydrogen) atoms. The number of hydrogen-bond donors (Lipinski definition) is 1. The van der Waals surface area contributed by atoms with Crippen molar-refractivity contribution in [3.05, 3.63) is 86.1 Å². The molecule has 138 valence electrons. The SMILES string of the molecule is Cc1cc(C(=O)Nc2cc(C)n(Cc3cccc(Cl)c3)n2)ccc1[N+](=O)[O-]. The lowest BCUT2D eigenvalue weighted by Crippen LogP contribution is -2.13. The number of nitro benzene ring substituents is 1. The molecule has 0 bridgehead atoms. The molecule has 1 N–H and O–H groups in total. The van der Waals surface area contributed by atoms with Gasteiger partial charge in [0.25, 0.3) is 11.6 Å². The van der Waals surface area contributed by atoms with E-state index in [1.165, 1.54) is 18.2 Å². The smallest absolute Gasteiger partial charge is 0.272 e. The summed E-state index contributed by atoms with van der Waals surface area (Å²) in [5, 5.41) is 18.7. The van der Waals surface area contributed by atoms with Gasteiger partial charge in [0.05, 0.1) is 11.5 Å². The highest BCUT2D eigenvalue weighted by Crippen LogP contribution is 2.20. The van der Waals surface area contributed by atoms with Gasteiger partial charge in [-0.25, -0.2) is 0 Å². The molecule has 0 spiro atoms. The van der Waals surface area contributed by atoms with E-state index in [0.717, 1.165) is 11.3 Å². The quantitative estimate of drug-likeness (QED) is 0.522. The summed E-state index contributed by atoms with van der Waals surface area (Å²) in [6.07, 6.45) is 0. The molecule has 0 radical (unpaired) electrons. The van der Waals surface area contributed by atoms with Crippen molar-refractivity contribution in [1.29, 1.82) is 0 Å². The van der Waals surface area contributed by atoms with E-state index < -0.39 is 4.92 Å². The molecule has 0 aliphatic carbocycles. The zero-order valence-corrected chi connectivity index (χ0v) is 15.5. The standard InChI is InChI=1S/C19H17ClN4O3/c1-12-8-15(6-7-17(12)24(26)27)19(25)21-18-9-13(2)23(22-18)11-14-4-3-5-16(20)10-14/h3-10H,11H2,1-2H3,(H,21,22,25). The Balaban J connectivity index is 1.75. The van der Waals surface area contributed by atoms with Crippen LogP contribution in [0.1, 0.15) is 27.2 Å². The molecule has 1 heterocycles. The van der Waals surface area contributed by atoms with Gasteiger partial charge in [0.2, 0.25) is 0 Å². The zero-order chi connectivity index (χ0) is 19.6. The van der Waals surface area contributed by atoms with Gasteiger partial charge in [-0.1, -0.05) is 23.7 Å². The molecule has 7 nitrogen and oxygen atoms in total. The Morgan fingerprint density at radius 2 is 2.00 bits per heavy atom. The van der Waals surface area contributed by atoms with Crippen LogP contribution < -0.4 is 5.32 Å². The summed E-state index contributed by atoms with van der Waals surface area (Å²) in [6, 6.07) is 13.5. The minimum atomic E-state index is -0.474. The van der Waals surface area contributed by atoms with Gasteiger partial charge < -0.3 is 5.32 Å². The average molecular weight is 385 g/mol. The molecule has 1 aromatic heterocycles. The predicted octanol–water partition coefficient (Wildman–Crippen LogP) is 4.36. The van der Waals surface area contributed by atoms with Crippen molar-refractivity contribution in [3.63, 3.8) is 0 Å². The molecular weight excluding hydrogens is 368 g/mol. The first-order valence-electron chi connectivity index (χ1n) is 8.19. The number of nitrogens with zero attached hydrogens (tertiary/aromatic N) is 3. The molecule has 0 aliphatic heterocycles. The van der Waals surface area contributed by atoms with Crippen LogP contribution in [0.3, 0.4) is 0 Å². The monoisotopic (exact) mass is 384 g/mol. The highest BCUT2D eigenvalue weighted by molar-refractivity contribution is 6.30. The van der Waals surface area contributed by atoms with Crippen molar-refractivity contribution in [1.82, 2.24) is 9.78 Å². The second kappa shape index (κ2) is 7.59. The van der Waals surface area contributed by atoms with Crippen LogP contribution in [-0.4, -0.2) is 20.6 Å². The molecular formula is C19H17ClN4O3. The van der Waals surface area contributed by atoms with Crippen LogP contribution in [0.25, 0.3) is 0 Å². The molecule has 0 fully saturated rings. The van der Waals surface area contributed by atoms with Crippen LogP contribution in [0.15, 0.2) is 48.5 Å². The number of halogens is 1. The second-order valence-electron chi connectivity index (χ2n) is 6.17. The number of anilines is 1. The van der Waals surface area contributed by atoms with E-state index in [1.807, 2.05) is 25.1 Å². The maximum atomic E-state index is 12.4. The summed E-state index contributed by atoms with van der Waals surface area (Å²) in [4.78, 5) is 22.8. The first-order chi connectivity index (χ1) is 12.8. The summed E-state index contributed by atoms with van der Waals surface area (Å²) in [7, 11) is 0. The summed E-state index contributed by atoms with van der Waals surface area (Å²) >= 11 is 6.01.